The Morgan fingerprint density at radius 2 is 2.58 bits per heavy atom. The standard InChI is InChI=1S/C8H14N2O2/c1-2-10-6-8(12-7(10)11)3-4-9-5-8/h9H,2-6H2,1H3/t8-/m0/s1. The Bertz CT molecular complexity index is 199. The van der Waals surface area contributed by atoms with E-state index in [0.29, 0.717) is 0 Å². The zero-order valence-electron chi connectivity index (χ0n) is 7.30. The molecule has 12 heavy (non-hydrogen) atoms. The van der Waals surface area contributed by atoms with Gasteiger partial charge in [-0.3, -0.25) is 0 Å². The smallest absolute Gasteiger partial charge is 0.410 e. The van der Waals surface area contributed by atoms with Crippen LogP contribution in [0.15, 0.2) is 0 Å². The van der Waals surface area contributed by atoms with Crippen LogP contribution >= 0.6 is 0 Å². The van der Waals surface area contributed by atoms with E-state index < -0.39 is 0 Å². The maximum atomic E-state index is 11.2. The fourth-order valence-corrected chi connectivity index (χ4v) is 1.88. The zero-order valence-corrected chi connectivity index (χ0v) is 7.30. The Labute approximate surface area is 71.9 Å². The quantitative estimate of drug-likeness (QED) is 0.611. The van der Waals surface area contributed by atoms with Crippen LogP contribution in [0, 0.1) is 0 Å². The summed E-state index contributed by atoms with van der Waals surface area (Å²) < 4.78 is 5.34. The van der Waals surface area contributed by atoms with Crippen LogP contribution in [0.1, 0.15) is 13.3 Å². The molecule has 1 amide bonds. The lowest BCUT2D eigenvalue weighted by Crippen LogP contribution is -2.36. The van der Waals surface area contributed by atoms with Gasteiger partial charge in [-0.1, -0.05) is 0 Å². The first-order valence-corrected chi connectivity index (χ1v) is 4.44. The molecule has 0 aromatic heterocycles. The molecule has 2 heterocycles. The minimum atomic E-state index is -0.201. The molecule has 0 aromatic carbocycles. The van der Waals surface area contributed by atoms with E-state index in [4.69, 9.17) is 4.74 Å². The Morgan fingerprint density at radius 3 is 3.08 bits per heavy atom. The van der Waals surface area contributed by atoms with Crippen molar-refractivity contribution in [1.29, 1.82) is 0 Å². The van der Waals surface area contributed by atoms with Gasteiger partial charge in [0.25, 0.3) is 0 Å². The molecule has 0 aromatic rings. The zero-order chi connectivity index (χ0) is 8.60. The monoisotopic (exact) mass is 170 g/mol. The first-order chi connectivity index (χ1) is 5.76. The van der Waals surface area contributed by atoms with Gasteiger partial charge in [0.15, 0.2) is 0 Å². The molecule has 4 heteroatoms. The van der Waals surface area contributed by atoms with Gasteiger partial charge in [0, 0.05) is 19.5 Å². The maximum absolute atomic E-state index is 11.2. The number of rotatable bonds is 1. The topological polar surface area (TPSA) is 41.6 Å². The van der Waals surface area contributed by atoms with E-state index in [1.54, 1.807) is 4.90 Å². The molecule has 2 saturated heterocycles. The third-order valence-electron chi connectivity index (χ3n) is 2.63. The van der Waals surface area contributed by atoms with Crippen molar-refractivity contribution in [1.82, 2.24) is 10.2 Å². The predicted octanol–water partition coefficient (Wildman–Crippen LogP) is 0.191. The number of amides is 1. The number of hydrogen-bond donors (Lipinski definition) is 1. The van der Waals surface area contributed by atoms with Crippen LogP contribution < -0.4 is 5.32 Å². The molecule has 2 aliphatic heterocycles. The molecule has 1 spiro atoms. The Morgan fingerprint density at radius 1 is 1.75 bits per heavy atom. The van der Waals surface area contributed by atoms with Crippen molar-refractivity contribution in [2.45, 2.75) is 18.9 Å². The van der Waals surface area contributed by atoms with Gasteiger partial charge in [-0.25, -0.2) is 4.79 Å². The minimum Gasteiger partial charge on any atom is -0.439 e. The van der Waals surface area contributed by atoms with Gasteiger partial charge >= 0.3 is 6.09 Å². The average Bonchev–Trinajstić information content (AvgIpc) is 2.60. The lowest BCUT2D eigenvalue weighted by Gasteiger charge is -2.18. The molecule has 0 saturated carbocycles. The van der Waals surface area contributed by atoms with E-state index in [1.807, 2.05) is 6.92 Å². The van der Waals surface area contributed by atoms with Crippen LogP contribution in [-0.2, 0) is 4.74 Å². The molecular weight excluding hydrogens is 156 g/mol. The largest absolute Gasteiger partial charge is 0.439 e. The summed E-state index contributed by atoms with van der Waals surface area (Å²) in [6, 6.07) is 0. The van der Waals surface area contributed by atoms with Gasteiger partial charge in [-0.05, 0) is 13.5 Å². The highest BCUT2D eigenvalue weighted by Gasteiger charge is 2.46. The molecule has 2 aliphatic rings. The number of carbonyl (C=O) groups is 1. The van der Waals surface area contributed by atoms with E-state index in [9.17, 15) is 4.79 Å². The van der Waals surface area contributed by atoms with Crippen LogP contribution in [0.5, 0.6) is 0 Å². The number of carbonyl (C=O) groups excluding carboxylic acids is 1. The number of hydrogen-bond acceptors (Lipinski definition) is 3. The first kappa shape index (κ1) is 7.86. The van der Waals surface area contributed by atoms with Gasteiger partial charge in [0.2, 0.25) is 0 Å². The van der Waals surface area contributed by atoms with Gasteiger partial charge in [0.05, 0.1) is 6.54 Å². The molecule has 0 radical (unpaired) electrons. The first-order valence-electron chi connectivity index (χ1n) is 4.44. The normalized spacial score (nSPS) is 34.8. The van der Waals surface area contributed by atoms with E-state index in [2.05, 4.69) is 5.32 Å². The van der Waals surface area contributed by atoms with E-state index in [-0.39, 0.29) is 11.7 Å². The van der Waals surface area contributed by atoms with Crippen LogP contribution in [0.25, 0.3) is 0 Å². The number of ether oxygens (including phenoxy) is 1. The van der Waals surface area contributed by atoms with E-state index in [0.717, 1.165) is 32.6 Å². The van der Waals surface area contributed by atoms with Crippen molar-refractivity contribution in [2.75, 3.05) is 26.2 Å². The van der Waals surface area contributed by atoms with Crippen molar-refractivity contribution >= 4 is 6.09 Å². The van der Waals surface area contributed by atoms with Crippen molar-refractivity contribution in [3.8, 4) is 0 Å². The molecular formula is C8H14N2O2. The highest BCUT2D eigenvalue weighted by atomic mass is 16.6. The fourth-order valence-electron chi connectivity index (χ4n) is 1.88. The number of likely N-dealkylation sites (N-methyl/N-ethyl adjacent to an activating group) is 1. The van der Waals surface area contributed by atoms with Crippen molar-refractivity contribution in [3.63, 3.8) is 0 Å². The molecule has 2 rings (SSSR count). The molecule has 2 fully saturated rings. The summed E-state index contributed by atoms with van der Waals surface area (Å²) in [6.07, 6.45) is 0.802. The SMILES string of the molecule is CCN1C[C@@]2(CCNC2)OC1=O. The highest BCUT2D eigenvalue weighted by molar-refractivity contribution is 5.70. The van der Waals surface area contributed by atoms with E-state index >= 15 is 0 Å². The molecule has 68 valence electrons. The van der Waals surface area contributed by atoms with Crippen LogP contribution in [-0.4, -0.2) is 42.8 Å². The summed E-state index contributed by atoms with van der Waals surface area (Å²) >= 11 is 0. The molecule has 0 bridgehead atoms. The summed E-state index contributed by atoms with van der Waals surface area (Å²) in [5, 5.41) is 3.22. The Hall–Kier alpha value is -0.770. The van der Waals surface area contributed by atoms with Gasteiger partial charge in [-0.15, -0.1) is 0 Å². The van der Waals surface area contributed by atoms with Crippen LogP contribution in [0.2, 0.25) is 0 Å². The summed E-state index contributed by atoms with van der Waals surface area (Å²) in [7, 11) is 0. The molecule has 0 aliphatic carbocycles. The second kappa shape index (κ2) is 2.62. The molecule has 1 atom stereocenters. The third-order valence-corrected chi connectivity index (χ3v) is 2.63. The second-order valence-electron chi connectivity index (χ2n) is 3.49. The van der Waals surface area contributed by atoms with Gasteiger partial charge < -0.3 is 15.0 Å². The number of nitrogens with one attached hydrogen (secondary N) is 1. The molecule has 0 unspecified atom stereocenters. The van der Waals surface area contributed by atoms with Crippen molar-refractivity contribution in [3.05, 3.63) is 0 Å². The van der Waals surface area contributed by atoms with Crippen LogP contribution in [0.3, 0.4) is 0 Å². The Kier molecular flexibility index (Phi) is 1.72. The summed E-state index contributed by atoms with van der Waals surface area (Å²) in [6.45, 7) is 5.26. The van der Waals surface area contributed by atoms with Crippen molar-refractivity contribution < 1.29 is 9.53 Å². The second-order valence-corrected chi connectivity index (χ2v) is 3.49. The van der Waals surface area contributed by atoms with Crippen molar-refractivity contribution in [2.24, 2.45) is 0 Å². The fraction of sp³-hybridized carbons (Fsp3) is 0.875. The van der Waals surface area contributed by atoms with Gasteiger partial charge in [-0.2, -0.15) is 0 Å². The number of nitrogens with zero attached hydrogens (tertiary/aromatic N) is 1. The molecule has 4 nitrogen and oxygen atoms in total. The third kappa shape index (κ3) is 1.06. The van der Waals surface area contributed by atoms with Crippen LogP contribution in [0.4, 0.5) is 4.79 Å². The highest BCUT2D eigenvalue weighted by Crippen LogP contribution is 2.27. The van der Waals surface area contributed by atoms with Gasteiger partial charge in [0.1, 0.15) is 5.60 Å². The predicted molar refractivity (Wildman–Crippen MR) is 43.9 cm³/mol. The lowest BCUT2D eigenvalue weighted by molar-refractivity contribution is 0.0728. The lowest BCUT2D eigenvalue weighted by atomic mass is 10.0. The summed E-state index contributed by atoms with van der Waals surface area (Å²) in [4.78, 5) is 13.0. The summed E-state index contributed by atoms with van der Waals surface area (Å²) in [5.41, 5.74) is -0.201. The minimum absolute atomic E-state index is 0.152. The maximum Gasteiger partial charge on any atom is 0.410 e. The average molecular weight is 170 g/mol. The molecule has 1 N–H and O–H groups in total. The summed E-state index contributed by atoms with van der Waals surface area (Å²) in [5.74, 6) is 0. The Balaban J connectivity index is 2.08. The van der Waals surface area contributed by atoms with E-state index in [1.165, 1.54) is 0 Å².